The summed E-state index contributed by atoms with van der Waals surface area (Å²) in [7, 11) is -4.07. The third kappa shape index (κ3) is 7.15. The van der Waals surface area contributed by atoms with E-state index in [0.717, 1.165) is 12.8 Å². The van der Waals surface area contributed by atoms with Crippen LogP contribution in [0.1, 0.15) is 109 Å². The van der Waals surface area contributed by atoms with Gasteiger partial charge in [0.05, 0.1) is 23.2 Å². The Balaban J connectivity index is 1.15. The van der Waals surface area contributed by atoms with Crippen molar-refractivity contribution in [2.45, 2.75) is 137 Å². The monoisotopic (exact) mass is 800 g/mol. The van der Waals surface area contributed by atoms with Gasteiger partial charge in [-0.2, -0.15) is 13.2 Å². The van der Waals surface area contributed by atoms with Gasteiger partial charge in [-0.1, -0.05) is 43.2 Å². The molecule has 4 fully saturated rings. The van der Waals surface area contributed by atoms with Crippen molar-refractivity contribution in [3.8, 4) is 5.75 Å². The Morgan fingerprint density at radius 1 is 1.05 bits per heavy atom. The second-order valence-corrected chi connectivity index (χ2v) is 19.5. The van der Waals surface area contributed by atoms with E-state index < -0.39 is 90.7 Å². The number of halogens is 3. The van der Waals surface area contributed by atoms with Crippen LogP contribution < -0.4 is 14.8 Å². The predicted octanol–water partition coefficient (Wildman–Crippen LogP) is 5.41. The first-order chi connectivity index (χ1) is 26.4. The first-order valence-electron chi connectivity index (χ1n) is 19.6. The molecule has 6 aliphatic rings. The minimum atomic E-state index is -4.88. The number of benzene rings is 1. The topological polar surface area (TPSA) is 161 Å². The van der Waals surface area contributed by atoms with E-state index in [1.165, 1.54) is 11.0 Å². The average Bonchev–Trinajstić information content (AvgIpc) is 4.10. The van der Waals surface area contributed by atoms with Crippen LogP contribution in [0.5, 0.6) is 5.75 Å². The molecule has 302 valence electrons. The Kier molecular flexibility index (Phi) is 9.28. The molecule has 0 bridgehead atoms. The summed E-state index contributed by atoms with van der Waals surface area (Å²) < 4.78 is 83.4. The maximum absolute atomic E-state index is 14.7. The predicted molar refractivity (Wildman–Crippen MR) is 196 cm³/mol. The lowest BCUT2D eigenvalue weighted by molar-refractivity contribution is -0.155. The zero-order valence-electron chi connectivity index (χ0n) is 31.5. The molecular formula is C40H47F3N4O8S. The number of hydrogen-bond donors (Lipinski definition) is 2. The van der Waals surface area contributed by atoms with Crippen molar-refractivity contribution >= 4 is 44.6 Å². The fraction of sp³-hybridized carbons (Fsp3) is 0.625. The molecule has 2 N–H and O–H groups in total. The second kappa shape index (κ2) is 13.4. The van der Waals surface area contributed by atoms with Gasteiger partial charge in [0.15, 0.2) is 11.4 Å². The smallest absolute Gasteiger partial charge is 0.437 e. The second-order valence-electron chi connectivity index (χ2n) is 17.3. The summed E-state index contributed by atoms with van der Waals surface area (Å²) in [5.41, 5.74) is -4.37. The number of aromatic nitrogens is 1. The molecule has 1 aromatic carbocycles. The number of para-hydroxylation sites is 1. The Morgan fingerprint density at radius 2 is 1.80 bits per heavy atom. The van der Waals surface area contributed by atoms with E-state index in [-0.39, 0.29) is 44.2 Å². The molecule has 16 heteroatoms. The number of alkyl halides is 3. The summed E-state index contributed by atoms with van der Waals surface area (Å²) in [6.07, 6.45) is 4.02. The fourth-order valence-electron chi connectivity index (χ4n) is 8.60. The number of sulfonamides is 1. The number of pyridine rings is 1. The van der Waals surface area contributed by atoms with Gasteiger partial charge in [0.25, 0.3) is 5.91 Å². The standard InChI is InChI=1S/C40H47F3N4O8S/c1-36(16-17-36)54-30(48)20-24-10-6-4-3-5-7-11-25-21-39(25,35(51)46-56(52,53)37(2)18-19-37)45-33(49)29-22-38(23-47(29)34(24)50)15-14-27-26-12-8-9-13-28(26)44-32(31(27)55-38)40(41,42)43/h7-9,11-13,24-25,29H,3-6,10,14-23H2,1-2H3,(H,45,49)(H,46,51)/b11-7-/t24-,25-,29+,38-,39-/m1/s1. The number of amides is 3. The molecule has 3 amide bonds. The lowest BCUT2D eigenvalue weighted by Crippen LogP contribution is -2.57. The van der Waals surface area contributed by atoms with Crippen molar-refractivity contribution in [2.24, 2.45) is 11.8 Å². The van der Waals surface area contributed by atoms with Gasteiger partial charge in [-0.15, -0.1) is 0 Å². The number of hydrogen-bond acceptors (Lipinski definition) is 9. The molecule has 5 atom stereocenters. The van der Waals surface area contributed by atoms with Gasteiger partial charge in [-0.05, 0) is 84.1 Å². The Labute approximate surface area is 323 Å². The fourth-order valence-corrected chi connectivity index (χ4v) is 9.91. The number of fused-ring (bicyclic) bond motifs is 5. The molecule has 3 saturated carbocycles. The lowest BCUT2D eigenvalue weighted by atomic mass is 9.87. The van der Waals surface area contributed by atoms with E-state index in [0.29, 0.717) is 55.9 Å². The van der Waals surface area contributed by atoms with Crippen molar-refractivity contribution in [3.05, 3.63) is 47.7 Å². The molecule has 3 aliphatic heterocycles. The third-order valence-corrected chi connectivity index (χ3v) is 15.0. The minimum absolute atomic E-state index is 0.115. The summed E-state index contributed by atoms with van der Waals surface area (Å²) in [6.45, 7) is 3.11. The molecule has 1 aromatic heterocycles. The van der Waals surface area contributed by atoms with E-state index in [1.807, 2.05) is 13.0 Å². The van der Waals surface area contributed by atoms with E-state index in [1.54, 1.807) is 31.2 Å². The largest absolute Gasteiger partial charge is 0.483 e. The van der Waals surface area contributed by atoms with Gasteiger partial charge in [0.2, 0.25) is 21.8 Å². The van der Waals surface area contributed by atoms with Crippen LogP contribution in [0.3, 0.4) is 0 Å². The van der Waals surface area contributed by atoms with Crippen LogP contribution in [-0.2, 0) is 46.5 Å². The van der Waals surface area contributed by atoms with E-state index in [9.17, 15) is 40.8 Å². The van der Waals surface area contributed by atoms with Gasteiger partial charge in [0, 0.05) is 29.2 Å². The first kappa shape index (κ1) is 38.7. The highest BCUT2D eigenvalue weighted by Crippen LogP contribution is 2.51. The normalized spacial score (nSPS) is 31.4. The van der Waals surface area contributed by atoms with E-state index in [4.69, 9.17) is 9.47 Å². The number of esters is 1. The molecule has 1 spiro atoms. The zero-order valence-corrected chi connectivity index (χ0v) is 32.3. The van der Waals surface area contributed by atoms with Crippen LogP contribution in [0.15, 0.2) is 36.4 Å². The number of rotatable bonds is 6. The number of carbonyl (C=O) groups is 4. The van der Waals surface area contributed by atoms with Crippen LogP contribution in [0.4, 0.5) is 13.2 Å². The van der Waals surface area contributed by atoms with Crippen molar-refractivity contribution in [2.75, 3.05) is 6.54 Å². The molecule has 4 heterocycles. The summed E-state index contributed by atoms with van der Waals surface area (Å²) in [4.78, 5) is 61.7. The summed E-state index contributed by atoms with van der Waals surface area (Å²) in [6, 6.07) is 5.17. The van der Waals surface area contributed by atoms with Gasteiger partial charge in [0.1, 0.15) is 22.8 Å². The Morgan fingerprint density at radius 3 is 2.52 bits per heavy atom. The van der Waals surface area contributed by atoms with E-state index in [2.05, 4.69) is 15.0 Å². The number of aryl methyl sites for hydroxylation is 1. The van der Waals surface area contributed by atoms with Gasteiger partial charge < -0.3 is 19.7 Å². The molecule has 1 saturated heterocycles. The van der Waals surface area contributed by atoms with Crippen LogP contribution in [0, 0.1) is 11.8 Å². The van der Waals surface area contributed by atoms with Crippen molar-refractivity contribution in [1.82, 2.24) is 19.9 Å². The molecule has 8 rings (SSSR count). The average molecular weight is 801 g/mol. The Bertz CT molecular complexity index is 2130. The zero-order chi connectivity index (χ0) is 39.9. The van der Waals surface area contributed by atoms with Gasteiger partial charge >= 0.3 is 12.1 Å². The summed E-state index contributed by atoms with van der Waals surface area (Å²) >= 11 is 0. The highest BCUT2D eigenvalue weighted by Gasteiger charge is 2.64. The van der Waals surface area contributed by atoms with Gasteiger partial charge in [-0.25, -0.2) is 13.4 Å². The molecule has 12 nitrogen and oxygen atoms in total. The Hall–Kier alpha value is -4.21. The number of carbonyl (C=O) groups excluding carboxylic acids is 4. The third-order valence-electron chi connectivity index (χ3n) is 12.8. The molecule has 0 unspecified atom stereocenters. The highest BCUT2D eigenvalue weighted by atomic mass is 32.2. The molecule has 56 heavy (non-hydrogen) atoms. The molecule has 3 aliphatic carbocycles. The number of nitrogens with one attached hydrogen (secondary N) is 2. The summed E-state index contributed by atoms with van der Waals surface area (Å²) in [5, 5.41) is 3.32. The highest BCUT2D eigenvalue weighted by molar-refractivity contribution is 7.91. The van der Waals surface area contributed by atoms with Crippen molar-refractivity contribution < 1.29 is 50.2 Å². The molecule has 2 aromatic rings. The SMILES string of the molecule is CC1(OC(=O)C[C@H]2CCCCC/C=C\[C@@H]3C[C@@]3(C(=O)NS(=O)(=O)C3(C)CC3)NC(=O)[C@@H]3C[C@]4(CCc5c(c(C(F)(F)F)nc6ccccc56)O4)CN3C2=O)CC1. The quantitative estimate of drug-likeness (QED) is 0.288. The summed E-state index contributed by atoms with van der Waals surface area (Å²) in [5.74, 6) is -4.59. The van der Waals surface area contributed by atoms with Crippen LogP contribution >= 0.6 is 0 Å². The maximum atomic E-state index is 14.7. The van der Waals surface area contributed by atoms with Gasteiger partial charge in [-0.3, -0.25) is 23.9 Å². The van der Waals surface area contributed by atoms with Crippen molar-refractivity contribution in [3.63, 3.8) is 0 Å². The van der Waals surface area contributed by atoms with E-state index >= 15 is 0 Å². The number of allylic oxidation sites excluding steroid dienone is 1. The first-order valence-corrected chi connectivity index (χ1v) is 21.1. The lowest BCUT2D eigenvalue weighted by Gasteiger charge is -2.37. The maximum Gasteiger partial charge on any atom is 0.437 e. The minimum Gasteiger partial charge on any atom is -0.483 e. The molecular weight excluding hydrogens is 754 g/mol. The number of ether oxygens (including phenoxy) is 2. The van der Waals surface area contributed by atoms with Crippen LogP contribution in [0.2, 0.25) is 0 Å². The van der Waals surface area contributed by atoms with Crippen LogP contribution in [-0.4, -0.2) is 76.1 Å². The van der Waals surface area contributed by atoms with Crippen molar-refractivity contribution in [1.29, 1.82) is 0 Å². The molecule has 0 radical (unpaired) electrons. The number of nitrogens with zero attached hydrogens (tertiary/aromatic N) is 2. The van der Waals surface area contributed by atoms with Crippen LogP contribution in [0.25, 0.3) is 10.9 Å².